The van der Waals surface area contributed by atoms with Gasteiger partial charge in [0.15, 0.2) is 0 Å². The predicted molar refractivity (Wildman–Crippen MR) is 50.7 cm³/mol. The van der Waals surface area contributed by atoms with Crippen LogP contribution in [0.15, 0.2) is 18.2 Å². The lowest BCUT2D eigenvalue weighted by molar-refractivity contribution is -0.163. The molecule has 0 unspecified atom stereocenters. The van der Waals surface area contributed by atoms with Crippen molar-refractivity contribution in [2.75, 3.05) is 5.32 Å². The zero-order chi connectivity index (χ0) is 13.2. The van der Waals surface area contributed by atoms with Crippen molar-refractivity contribution in [3.63, 3.8) is 0 Å². The number of nitrogens with one attached hydrogen (secondary N) is 1. The number of rotatable bonds is 3. The number of carbonyl (C=O) groups excluding carboxylic acids is 1. The van der Waals surface area contributed by atoms with Crippen molar-refractivity contribution in [2.45, 2.75) is 19.3 Å². The Labute approximate surface area is 93.4 Å². The zero-order valence-corrected chi connectivity index (χ0v) is 8.61. The second-order valence-electron chi connectivity index (χ2n) is 3.34. The van der Waals surface area contributed by atoms with Crippen LogP contribution in [0.1, 0.15) is 5.56 Å². The minimum absolute atomic E-state index is 0.100. The molecule has 0 atom stereocenters. The number of anilines is 1. The molecule has 0 heterocycles. The first-order valence-corrected chi connectivity index (χ1v) is 4.48. The molecule has 7 heteroatoms. The summed E-state index contributed by atoms with van der Waals surface area (Å²) in [5, 5.41) is 1.60. The van der Waals surface area contributed by atoms with Crippen molar-refractivity contribution in [3.8, 4) is 0 Å². The number of halogens is 5. The van der Waals surface area contributed by atoms with E-state index in [1.165, 1.54) is 6.92 Å². The van der Waals surface area contributed by atoms with Gasteiger partial charge in [-0.3, -0.25) is 4.79 Å². The van der Waals surface area contributed by atoms with E-state index >= 15 is 0 Å². The van der Waals surface area contributed by atoms with E-state index in [4.69, 9.17) is 0 Å². The van der Waals surface area contributed by atoms with Crippen LogP contribution in [0.3, 0.4) is 0 Å². The van der Waals surface area contributed by atoms with Gasteiger partial charge in [-0.25, -0.2) is 13.2 Å². The molecule has 1 rings (SSSR count). The third kappa shape index (κ3) is 2.92. The summed E-state index contributed by atoms with van der Waals surface area (Å²) in [6.45, 7) is 1.34. The van der Waals surface area contributed by atoms with E-state index in [1.54, 1.807) is 5.32 Å². The molecule has 1 aromatic rings. The fraction of sp³-hybridized carbons (Fsp3) is 0.300. The third-order valence-electron chi connectivity index (χ3n) is 1.99. The highest BCUT2D eigenvalue weighted by molar-refractivity contribution is 5.96. The number of aryl methyl sites for hydroxylation is 1. The molecule has 94 valence electrons. The maximum Gasteiger partial charge on any atom is 0.383 e. The fourth-order valence-electron chi connectivity index (χ4n) is 1.04. The molecule has 2 nitrogen and oxygen atoms in total. The van der Waals surface area contributed by atoms with Gasteiger partial charge in [-0.1, -0.05) is 0 Å². The van der Waals surface area contributed by atoms with Crippen LogP contribution in [-0.2, 0) is 4.79 Å². The summed E-state index contributed by atoms with van der Waals surface area (Å²) in [6.07, 6.45) is -4.09. The van der Waals surface area contributed by atoms with Crippen molar-refractivity contribution in [1.29, 1.82) is 0 Å². The fourth-order valence-corrected chi connectivity index (χ4v) is 1.04. The lowest BCUT2D eigenvalue weighted by Crippen LogP contribution is -2.41. The average molecular weight is 253 g/mol. The Morgan fingerprint density at radius 3 is 2.41 bits per heavy atom. The molecular formula is C10H8F5NO. The molecule has 0 aliphatic rings. The van der Waals surface area contributed by atoms with Gasteiger partial charge in [0, 0.05) is 5.69 Å². The Morgan fingerprint density at radius 1 is 1.35 bits per heavy atom. The summed E-state index contributed by atoms with van der Waals surface area (Å²) in [7, 11) is 0. The van der Waals surface area contributed by atoms with E-state index < -0.39 is 24.1 Å². The summed E-state index contributed by atoms with van der Waals surface area (Å²) in [5.41, 5.74) is -0.0719. The van der Waals surface area contributed by atoms with Gasteiger partial charge < -0.3 is 5.32 Å². The Bertz CT molecular complexity index is 433. The molecule has 0 saturated heterocycles. The standard InChI is InChI=1S/C10H8F5NO/c1-5-4-6(2-3-7(5)11)16-9(17)10(14,15)8(12)13/h2-4,8H,1H3,(H,16,17). The van der Waals surface area contributed by atoms with Gasteiger partial charge in [-0.2, -0.15) is 8.78 Å². The molecule has 1 aromatic carbocycles. The van der Waals surface area contributed by atoms with E-state index in [2.05, 4.69) is 0 Å². The first-order chi connectivity index (χ1) is 7.75. The predicted octanol–water partition coefficient (Wildman–Crippen LogP) is 2.97. The largest absolute Gasteiger partial charge is 0.383 e. The quantitative estimate of drug-likeness (QED) is 0.824. The molecule has 0 aliphatic heterocycles. The molecule has 0 radical (unpaired) electrons. The van der Waals surface area contributed by atoms with E-state index in [0.717, 1.165) is 18.2 Å². The first-order valence-electron chi connectivity index (χ1n) is 4.48. The van der Waals surface area contributed by atoms with Gasteiger partial charge in [0.25, 0.3) is 0 Å². The molecule has 17 heavy (non-hydrogen) atoms. The van der Waals surface area contributed by atoms with Crippen LogP contribution in [0.5, 0.6) is 0 Å². The first kappa shape index (κ1) is 13.4. The minimum Gasteiger partial charge on any atom is -0.321 e. The Kier molecular flexibility index (Phi) is 3.69. The van der Waals surface area contributed by atoms with Gasteiger partial charge in [0.05, 0.1) is 0 Å². The van der Waals surface area contributed by atoms with Gasteiger partial charge in [0.2, 0.25) is 0 Å². The minimum atomic E-state index is -4.78. The second-order valence-corrected chi connectivity index (χ2v) is 3.34. The number of hydrogen-bond acceptors (Lipinski definition) is 1. The van der Waals surface area contributed by atoms with E-state index in [9.17, 15) is 26.7 Å². The lowest BCUT2D eigenvalue weighted by atomic mass is 10.2. The summed E-state index contributed by atoms with van der Waals surface area (Å²) in [4.78, 5) is 10.8. The third-order valence-corrected chi connectivity index (χ3v) is 1.99. The molecule has 0 spiro atoms. The lowest BCUT2D eigenvalue weighted by Gasteiger charge is -2.15. The van der Waals surface area contributed by atoms with Crippen LogP contribution in [0.2, 0.25) is 0 Å². The van der Waals surface area contributed by atoms with Crippen molar-refractivity contribution in [1.82, 2.24) is 0 Å². The highest BCUT2D eigenvalue weighted by atomic mass is 19.3. The molecule has 0 fully saturated rings. The highest BCUT2D eigenvalue weighted by Gasteiger charge is 2.48. The molecular weight excluding hydrogens is 245 g/mol. The smallest absolute Gasteiger partial charge is 0.321 e. The monoisotopic (exact) mass is 253 g/mol. The highest BCUT2D eigenvalue weighted by Crippen LogP contribution is 2.25. The number of amides is 1. The molecule has 0 saturated carbocycles. The topological polar surface area (TPSA) is 29.1 Å². The summed E-state index contributed by atoms with van der Waals surface area (Å²) in [5.74, 6) is -7.50. The zero-order valence-electron chi connectivity index (χ0n) is 8.61. The van der Waals surface area contributed by atoms with Crippen LogP contribution in [0, 0.1) is 12.7 Å². The normalized spacial score (nSPS) is 11.7. The Balaban J connectivity index is 2.85. The van der Waals surface area contributed by atoms with Crippen LogP contribution in [0.25, 0.3) is 0 Å². The maximum absolute atomic E-state index is 12.8. The van der Waals surface area contributed by atoms with Gasteiger partial charge in [0.1, 0.15) is 5.82 Å². The number of alkyl halides is 4. The summed E-state index contributed by atoms with van der Waals surface area (Å²) < 4.78 is 61.6. The molecule has 0 aromatic heterocycles. The average Bonchev–Trinajstić information content (AvgIpc) is 2.23. The Morgan fingerprint density at radius 2 is 1.94 bits per heavy atom. The van der Waals surface area contributed by atoms with Crippen molar-refractivity contribution < 1.29 is 26.7 Å². The van der Waals surface area contributed by atoms with Crippen LogP contribution in [0.4, 0.5) is 27.6 Å². The summed E-state index contributed by atoms with van der Waals surface area (Å²) in [6, 6.07) is 3.00. The van der Waals surface area contributed by atoms with Crippen molar-refractivity contribution >= 4 is 11.6 Å². The molecule has 1 N–H and O–H groups in total. The molecule has 1 amide bonds. The maximum atomic E-state index is 12.8. The van der Waals surface area contributed by atoms with E-state index in [0.29, 0.717) is 0 Å². The van der Waals surface area contributed by atoms with Gasteiger partial charge >= 0.3 is 18.3 Å². The summed E-state index contributed by atoms with van der Waals surface area (Å²) >= 11 is 0. The van der Waals surface area contributed by atoms with Crippen molar-refractivity contribution in [3.05, 3.63) is 29.6 Å². The van der Waals surface area contributed by atoms with Gasteiger partial charge in [-0.15, -0.1) is 0 Å². The van der Waals surface area contributed by atoms with Crippen molar-refractivity contribution in [2.24, 2.45) is 0 Å². The van der Waals surface area contributed by atoms with E-state index in [1.807, 2.05) is 0 Å². The molecule has 0 bridgehead atoms. The van der Waals surface area contributed by atoms with Crippen LogP contribution in [-0.4, -0.2) is 18.3 Å². The number of benzene rings is 1. The van der Waals surface area contributed by atoms with Crippen LogP contribution < -0.4 is 5.32 Å². The Hall–Kier alpha value is -1.66. The number of carbonyl (C=O) groups is 1. The van der Waals surface area contributed by atoms with E-state index in [-0.39, 0.29) is 11.3 Å². The second kappa shape index (κ2) is 4.68. The van der Waals surface area contributed by atoms with Crippen LogP contribution >= 0.6 is 0 Å². The SMILES string of the molecule is Cc1cc(NC(=O)C(F)(F)C(F)F)ccc1F. The molecule has 0 aliphatic carbocycles. The number of hydrogen-bond donors (Lipinski definition) is 1. The van der Waals surface area contributed by atoms with Gasteiger partial charge in [-0.05, 0) is 30.7 Å².